The molecule has 2 aromatic rings. The van der Waals surface area contributed by atoms with E-state index in [4.69, 9.17) is 5.73 Å². The van der Waals surface area contributed by atoms with Gasteiger partial charge < -0.3 is 5.73 Å². The Labute approximate surface area is 172 Å². The van der Waals surface area contributed by atoms with Gasteiger partial charge in [-0.05, 0) is 62.1 Å². The number of carbonyl (C=O) groups excluding carboxylic acids is 1. The Bertz CT molecular complexity index is 858. The van der Waals surface area contributed by atoms with Crippen molar-refractivity contribution in [3.8, 4) is 0 Å². The van der Waals surface area contributed by atoms with E-state index in [1.165, 1.54) is 50.5 Å². The van der Waals surface area contributed by atoms with Gasteiger partial charge in [-0.1, -0.05) is 36.6 Å². The normalized spacial score (nSPS) is 27.9. The second kappa shape index (κ2) is 7.90. The Morgan fingerprint density at radius 2 is 1.79 bits per heavy atom. The molecule has 1 saturated carbocycles. The first-order valence-electron chi connectivity index (χ1n) is 11.2. The lowest BCUT2D eigenvalue weighted by atomic mass is 9.84. The van der Waals surface area contributed by atoms with Crippen LogP contribution >= 0.6 is 0 Å². The van der Waals surface area contributed by atoms with E-state index < -0.39 is 0 Å². The molecule has 2 bridgehead atoms. The third kappa shape index (κ3) is 3.82. The van der Waals surface area contributed by atoms with E-state index in [-0.39, 0.29) is 5.91 Å². The summed E-state index contributed by atoms with van der Waals surface area (Å²) in [6.45, 7) is 0.913. The molecule has 6 nitrogen and oxygen atoms in total. The van der Waals surface area contributed by atoms with Crippen molar-refractivity contribution in [2.45, 2.75) is 88.4 Å². The first-order valence-corrected chi connectivity index (χ1v) is 11.2. The summed E-state index contributed by atoms with van der Waals surface area (Å²) in [5.74, 6) is 0.175. The van der Waals surface area contributed by atoms with Gasteiger partial charge in [-0.25, -0.2) is 4.68 Å². The van der Waals surface area contributed by atoms with Crippen molar-refractivity contribution in [1.29, 1.82) is 0 Å². The fourth-order valence-corrected chi connectivity index (χ4v) is 5.85. The van der Waals surface area contributed by atoms with Crippen LogP contribution in [0.1, 0.15) is 91.4 Å². The highest BCUT2D eigenvalue weighted by atomic mass is 16.1. The lowest BCUT2D eigenvalue weighted by Gasteiger charge is -2.38. The van der Waals surface area contributed by atoms with Crippen LogP contribution in [0.3, 0.4) is 0 Å². The molecule has 29 heavy (non-hydrogen) atoms. The van der Waals surface area contributed by atoms with E-state index >= 15 is 0 Å². The number of nitrogens with two attached hydrogens (primary N) is 1. The van der Waals surface area contributed by atoms with Crippen molar-refractivity contribution in [3.05, 3.63) is 47.3 Å². The van der Waals surface area contributed by atoms with E-state index in [1.807, 2.05) is 18.2 Å². The molecule has 2 aliphatic heterocycles. The highest BCUT2D eigenvalue weighted by Gasteiger charge is 2.41. The minimum Gasteiger partial charge on any atom is -0.366 e. The number of hydrogen-bond acceptors (Lipinski definition) is 4. The standard InChI is InChI=1S/C23H31N5O/c24-23(29)17-6-4-5-16(11-17)18-12-21-9-10-22(13-18)27(21)14-19-15-28(26-25-19)20-7-2-1-3-8-20/h4-6,11,15,18,20-22H,1-3,7-10,12-14H2,(H2,24,29). The number of hydrogen-bond donors (Lipinski definition) is 1. The van der Waals surface area contributed by atoms with Gasteiger partial charge in [0.15, 0.2) is 0 Å². The molecule has 1 aliphatic carbocycles. The van der Waals surface area contributed by atoms with Crippen molar-refractivity contribution >= 4 is 5.91 Å². The van der Waals surface area contributed by atoms with E-state index in [1.54, 1.807) is 0 Å². The van der Waals surface area contributed by atoms with Crippen LogP contribution in [0.5, 0.6) is 0 Å². The van der Waals surface area contributed by atoms with Gasteiger partial charge in [-0.15, -0.1) is 5.10 Å². The summed E-state index contributed by atoms with van der Waals surface area (Å²) in [7, 11) is 0. The monoisotopic (exact) mass is 393 g/mol. The third-order valence-electron chi connectivity index (χ3n) is 7.38. The fourth-order valence-electron chi connectivity index (χ4n) is 5.85. The van der Waals surface area contributed by atoms with Crippen molar-refractivity contribution in [2.75, 3.05) is 0 Å². The van der Waals surface area contributed by atoms with E-state index in [0.29, 0.717) is 29.6 Å². The van der Waals surface area contributed by atoms with Crippen molar-refractivity contribution in [2.24, 2.45) is 5.73 Å². The Hall–Kier alpha value is -2.21. The lowest BCUT2D eigenvalue weighted by molar-refractivity contribution is 0.0999. The summed E-state index contributed by atoms with van der Waals surface area (Å²) in [5.41, 5.74) is 8.48. The average Bonchev–Trinajstić information content (AvgIpc) is 3.30. The zero-order valence-electron chi connectivity index (χ0n) is 17.0. The number of aromatic nitrogens is 3. The Balaban J connectivity index is 1.26. The third-order valence-corrected chi connectivity index (χ3v) is 7.38. The fraction of sp³-hybridized carbons (Fsp3) is 0.609. The molecule has 3 heterocycles. The smallest absolute Gasteiger partial charge is 0.248 e. The number of benzene rings is 1. The molecule has 154 valence electrons. The molecule has 1 amide bonds. The largest absolute Gasteiger partial charge is 0.366 e. The molecule has 1 aromatic heterocycles. The van der Waals surface area contributed by atoms with E-state index in [0.717, 1.165) is 25.1 Å². The highest BCUT2D eigenvalue weighted by Crippen LogP contribution is 2.43. The SMILES string of the molecule is NC(=O)c1cccc(C2CC3CCC(C2)N3Cc2cn(C3CCCCC3)nn2)c1. The Kier molecular flexibility index (Phi) is 5.12. The van der Waals surface area contributed by atoms with Crippen LogP contribution in [0.2, 0.25) is 0 Å². The van der Waals surface area contributed by atoms with Crippen LogP contribution in [0.25, 0.3) is 0 Å². The minimum atomic E-state index is -0.340. The molecule has 1 aromatic carbocycles. The van der Waals surface area contributed by atoms with Crippen LogP contribution < -0.4 is 5.73 Å². The van der Waals surface area contributed by atoms with Crippen LogP contribution in [0, 0.1) is 0 Å². The summed E-state index contributed by atoms with van der Waals surface area (Å²) in [6.07, 6.45) is 13.5. The van der Waals surface area contributed by atoms with Gasteiger partial charge in [0, 0.05) is 24.2 Å². The van der Waals surface area contributed by atoms with Gasteiger partial charge in [0.25, 0.3) is 0 Å². The lowest BCUT2D eigenvalue weighted by Crippen LogP contribution is -2.41. The number of carbonyl (C=O) groups is 1. The molecule has 2 unspecified atom stereocenters. The number of amides is 1. The molecular weight excluding hydrogens is 362 g/mol. The van der Waals surface area contributed by atoms with Crippen LogP contribution in [-0.4, -0.2) is 37.9 Å². The summed E-state index contributed by atoms with van der Waals surface area (Å²) >= 11 is 0. The predicted octanol–water partition coefficient (Wildman–Crippen LogP) is 3.79. The van der Waals surface area contributed by atoms with Crippen molar-refractivity contribution < 1.29 is 4.79 Å². The molecule has 3 aliphatic rings. The molecule has 5 rings (SSSR count). The van der Waals surface area contributed by atoms with Gasteiger partial charge >= 0.3 is 0 Å². The minimum absolute atomic E-state index is 0.340. The van der Waals surface area contributed by atoms with Gasteiger partial charge in [-0.2, -0.15) is 0 Å². The topological polar surface area (TPSA) is 77.0 Å². The number of piperidine rings is 1. The maximum absolute atomic E-state index is 11.5. The number of primary amides is 1. The van der Waals surface area contributed by atoms with Gasteiger partial charge in [-0.3, -0.25) is 9.69 Å². The molecule has 2 saturated heterocycles. The first kappa shape index (κ1) is 18.8. The predicted molar refractivity (Wildman–Crippen MR) is 111 cm³/mol. The molecule has 0 radical (unpaired) electrons. The molecular formula is C23H31N5O. The zero-order valence-corrected chi connectivity index (χ0v) is 17.0. The maximum Gasteiger partial charge on any atom is 0.248 e. The molecule has 2 atom stereocenters. The second-order valence-corrected chi connectivity index (χ2v) is 9.20. The van der Waals surface area contributed by atoms with Crippen LogP contribution in [-0.2, 0) is 6.54 Å². The van der Waals surface area contributed by atoms with Crippen LogP contribution in [0.4, 0.5) is 0 Å². The highest BCUT2D eigenvalue weighted by molar-refractivity contribution is 5.92. The quantitative estimate of drug-likeness (QED) is 0.838. The summed E-state index contributed by atoms with van der Waals surface area (Å²) in [6, 6.07) is 9.66. The maximum atomic E-state index is 11.5. The average molecular weight is 394 g/mol. The molecule has 3 fully saturated rings. The second-order valence-electron chi connectivity index (χ2n) is 9.20. The van der Waals surface area contributed by atoms with E-state index in [9.17, 15) is 4.79 Å². The Morgan fingerprint density at radius 3 is 2.52 bits per heavy atom. The summed E-state index contributed by atoms with van der Waals surface area (Å²) < 4.78 is 2.12. The number of fused-ring (bicyclic) bond motifs is 2. The van der Waals surface area contributed by atoms with E-state index in [2.05, 4.69) is 32.2 Å². The first-order chi connectivity index (χ1) is 14.2. The molecule has 0 spiro atoms. The summed E-state index contributed by atoms with van der Waals surface area (Å²) in [4.78, 5) is 14.2. The summed E-state index contributed by atoms with van der Waals surface area (Å²) in [5, 5.41) is 8.97. The van der Waals surface area contributed by atoms with Gasteiger partial charge in [0.1, 0.15) is 0 Å². The molecule has 6 heteroatoms. The molecule has 2 N–H and O–H groups in total. The number of nitrogens with zero attached hydrogens (tertiary/aromatic N) is 4. The van der Waals surface area contributed by atoms with Gasteiger partial charge in [0.05, 0.1) is 17.9 Å². The van der Waals surface area contributed by atoms with Gasteiger partial charge in [0.2, 0.25) is 5.91 Å². The van der Waals surface area contributed by atoms with Crippen molar-refractivity contribution in [3.63, 3.8) is 0 Å². The number of rotatable bonds is 5. The zero-order chi connectivity index (χ0) is 19.8. The van der Waals surface area contributed by atoms with Crippen LogP contribution in [0.15, 0.2) is 30.5 Å². The Morgan fingerprint density at radius 1 is 1.03 bits per heavy atom. The van der Waals surface area contributed by atoms with Crippen molar-refractivity contribution in [1.82, 2.24) is 19.9 Å².